The SMILES string of the molecule is CC(C)N[C@H]1CC[C@H](N)C1. The topological polar surface area (TPSA) is 38.0 Å². The fourth-order valence-corrected chi connectivity index (χ4v) is 1.64. The molecule has 1 saturated carbocycles. The maximum atomic E-state index is 5.76. The molecule has 0 saturated heterocycles. The Bertz CT molecular complexity index is 101. The van der Waals surface area contributed by atoms with Crippen molar-refractivity contribution >= 4 is 0 Å². The van der Waals surface area contributed by atoms with E-state index in [0.717, 1.165) is 6.42 Å². The Morgan fingerprint density at radius 3 is 2.50 bits per heavy atom. The van der Waals surface area contributed by atoms with Crippen LogP contribution in [-0.4, -0.2) is 18.1 Å². The predicted octanol–water partition coefficient (Wildman–Crippen LogP) is 0.864. The second-order valence-electron chi connectivity index (χ2n) is 3.59. The van der Waals surface area contributed by atoms with Crippen molar-refractivity contribution in [2.75, 3.05) is 0 Å². The van der Waals surface area contributed by atoms with Crippen molar-refractivity contribution in [2.45, 2.75) is 51.2 Å². The fraction of sp³-hybridized carbons (Fsp3) is 1.00. The van der Waals surface area contributed by atoms with Crippen molar-refractivity contribution < 1.29 is 0 Å². The summed E-state index contributed by atoms with van der Waals surface area (Å²) in [6.07, 6.45) is 3.63. The first-order valence-corrected chi connectivity index (χ1v) is 4.20. The highest BCUT2D eigenvalue weighted by Crippen LogP contribution is 2.17. The minimum atomic E-state index is 0.455. The molecule has 0 unspecified atom stereocenters. The van der Waals surface area contributed by atoms with E-state index in [-0.39, 0.29) is 0 Å². The smallest absolute Gasteiger partial charge is 0.00847 e. The third-order valence-corrected chi connectivity index (χ3v) is 2.04. The van der Waals surface area contributed by atoms with E-state index in [1.165, 1.54) is 12.8 Å². The molecule has 1 aliphatic rings. The Labute approximate surface area is 63.2 Å². The van der Waals surface area contributed by atoms with Crippen molar-refractivity contribution in [3.63, 3.8) is 0 Å². The van der Waals surface area contributed by atoms with Crippen molar-refractivity contribution in [1.29, 1.82) is 0 Å². The maximum absolute atomic E-state index is 5.76. The highest BCUT2D eigenvalue weighted by molar-refractivity contribution is 4.83. The first-order valence-electron chi connectivity index (χ1n) is 4.20. The number of nitrogens with one attached hydrogen (secondary N) is 1. The summed E-state index contributed by atoms with van der Waals surface area (Å²) in [4.78, 5) is 0. The van der Waals surface area contributed by atoms with Crippen LogP contribution < -0.4 is 11.1 Å². The van der Waals surface area contributed by atoms with Gasteiger partial charge in [0.25, 0.3) is 0 Å². The quantitative estimate of drug-likeness (QED) is 0.600. The fourth-order valence-electron chi connectivity index (χ4n) is 1.64. The summed E-state index contributed by atoms with van der Waals surface area (Å²) in [7, 11) is 0. The van der Waals surface area contributed by atoms with Crippen LogP contribution in [0.25, 0.3) is 0 Å². The number of rotatable bonds is 2. The minimum absolute atomic E-state index is 0.455. The van der Waals surface area contributed by atoms with E-state index < -0.39 is 0 Å². The van der Waals surface area contributed by atoms with Gasteiger partial charge < -0.3 is 11.1 Å². The minimum Gasteiger partial charge on any atom is -0.328 e. The lowest BCUT2D eigenvalue weighted by Gasteiger charge is -2.14. The lowest BCUT2D eigenvalue weighted by atomic mass is 10.2. The van der Waals surface area contributed by atoms with Gasteiger partial charge in [0.15, 0.2) is 0 Å². The van der Waals surface area contributed by atoms with E-state index >= 15 is 0 Å². The predicted molar refractivity (Wildman–Crippen MR) is 43.9 cm³/mol. The molecule has 0 aliphatic heterocycles. The summed E-state index contributed by atoms with van der Waals surface area (Å²) in [5.41, 5.74) is 5.76. The highest BCUT2D eigenvalue weighted by Gasteiger charge is 2.21. The van der Waals surface area contributed by atoms with Crippen LogP contribution in [0.1, 0.15) is 33.1 Å². The van der Waals surface area contributed by atoms with E-state index in [4.69, 9.17) is 5.73 Å². The summed E-state index contributed by atoms with van der Waals surface area (Å²) < 4.78 is 0. The maximum Gasteiger partial charge on any atom is 0.00847 e. The zero-order valence-corrected chi connectivity index (χ0v) is 6.93. The van der Waals surface area contributed by atoms with E-state index in [0.29, 0.717) is 18.1 Å². The van der Waals surface area contributed by atoms with Crippen LogP contribution in [-0.2, 0) is 0 Å². The average molecular weight is 142 g/mol. The summed E-state index contributed by atoms with van der Waals surface area (Å²) in [6.45, 7) is 4.37. The van der Waals surface area contributed by atoms with Gasteiger partial charge in [0.1, 0.15) is 0 Å². The normalized spacial score (nSPS) is 33.6. The molecule has 0 aromatic rings. The van der Waals surface area contributed by atoms with Gasteiger partial charge in [-0.05, 0) is 19.3 Å². The van der Waals surface area contributed by atoms with Crippen molar-refractivity contribution in [3.8, 4) is 0 Å². The Hall–Kier alpha value is -0.0800. The average Bonchev–Trinajstić information content (AvgIpc) is 2.13. The third kappa shape index (κ3) is 2.27. The van der Waals surface area contributed by atoms with E-state index in [1.807, 2.05) is 0 Å². The van der Waals surface area contributed by atoms with Crippen LogP contribution in [0.3, 0.4) is 0 Å². The third-order valence-electron chi connectivity index (χ3n) is 2.04. The largest absolute Gasteiger partial charge is 0.328 e. The van der Waals surface area contributed by atoms with Crippen LogP contribution in [0.4, 0.5) is 0 Å². The van der Waals surface area contributed by atoms with Gasteiger partial charge >= 0.3 is 0 Å². The highest BCUT2D eigenvalue weighted by atomic mass is 15.0. The van der Waals surface area contributed by atoms with Gasteiger partial charge in [-0.15, -0.1) is 0 Å². The molecular weight excluding hydrogens is 124 g/mol. The first kappa shape index (κ1) is 8.02. The monoisotopic (exact) mass is 142 g/mol. The molecule has 1 aliphatic carbocycles. The van der Waals surface area contributed by atoms with Crippen molar-refractivity contribution in [3.05, 3.63) is 0 Å². The zero-order valence-electron chi connectivity index (χ0n) is 6.93. The molecular formula is C8H18N2. The molecule has 2 heteroatoms. The molecule has 0 heterocycles. The second kappa shape index (κ2) is 3.35. The lowest BCUT2D eigenvalue weighted by molar-refractivity contribution is 0.466. The molecule has 1 fully saturated rings. The van der Waals surface area contributed by atoms with Gasteiger partial charge in [0.05, 0.1) is 0 Å². The second-order valence-corrected chi connectivity index (χ2v) is 3.59. The van der Waals surface area contributed by atoms with Crippen molar-refractivity contribution in [1.82, 2.24) is 5.32 Å². The van der Waals surface area contributed by atoms with Crippen LogP contribution in [0.5, 0.6) is 0 Å². The molecule has 0 amide bonds. The van der Waals surface area contributed by atoms with Gasteiger partial charge in [0, 0.05) is 18.1 Å². The van der Waals surface area contributed by atoms with Crippen LogP contribution >= 0.6 is 0 Å². The molecule has 0 bridgehead atoms. The molecule has 0 radical (unpaired) electrons. The van der Waals surface area contributed by atoms with Gasteiger partial charge in [-0.2, -0.15) is 0 Å². The summed E-state index contributed by atoms with van der Waals surface area (Å²) in [5, 5.41) is 3.49. The van der Waals surface area contributed by atoms with Crippen molar-refractivity contribution in [2.24, 2.45) is 5.73 Å². The van der Waals surface area contributed by atoms with E-state index in [1.54, 1.807) is 0 Å². The van der Waals surface area contributed by atoms with Crippen LogP contribution in [0.2, 0.25) is 0 Å². The molecule has 2 nitrogen and oxygen atoms in total. The Morgan fingerprint density at radius 1 is 1.40 bits per heavy atom. The zero-order chi connectivity index (χ0) is 7.56. The van der Waals surface area contributed by atoms with E-state index in [2.05, 4.69) is 19.2 Å². The first-order chi connectivity index (χ1) is 4.68. The van der Waals surface area contributed by atoms with Gasteiger partial charge in [-0.1, -0.05) is 13.8 Å². The molecule has 10 heavy (non-hydrogen) atoms. The Morgan fingerprint density at radius 2 is 2.10 bits per heavy atom. The van der Waals surface area contributed by atoms with Gasteiger partial charge in [-0.3, -0.25) is 0 Å². The molecule has 1 rings (SSSR count). The molecule has 0 spiro atoms. The van der Waals surface area contributed by atoms with E-state index in [9.17, 15) is 0 Å². The Balaban J connectivity index is 2.18. The lowest BCUT2D eigenvalue weighted by Crippen LogP contribution is -2.33. The van der Waals surface area contributed by atoms with Gasteiger partial charge in [-0.25, -0.2) is 0 Å². The summed E-state index contributed by atoms with van der Waals surface area (Å²) in [6, 6.07) is 1.75. The number of hydrogen-bond acceptors (Lipinski definition) is 2. The molecule has 60 valence electrons. The molecule has 2 atom stereocenters. The van der Waals surface area contributed by atoms with Crippen LogP contribution in [0, 0.1) is 0 Å². The number of nitrogens with two attached hydrogens (primary N) is 1. The number of hydrogen-bond donors (Lipinski definition) is 2. The summed E-state index contributed by atoms with van der Waals surface area (Å²) >= 11 is 0. The molecule has 0 aromatic carbocycles. The van der Waals surface area contributed by atoms with Crippen LogP contribution in [0.15, 0.2) is 0 Å². The molecule has 0 aromatic heterocycles. The Kier molecular flexibility index (Phi) is 2.69. The van der Waals surface area contributed by atoms with Gasteiger partial charge in [0.2, 0.25) is 0 Å². The standard InChI is InChI=1S/C8H18N2/c1-6(2)10-8-4-3-7(9)5-8/h6-8,10H,3-5,9H2,1-2H3/t7-,8-/m0/s1. The summed E-state index contributed by atoms with van der Waals surface area (Å²) in [5.74, 6) is 0. The molecule has 3 N–H and O–H groups in total.